The Morgan fingerprint density at radius 1 is 1.50 bits per heavy atom. The minimum atomic E-state index is -0.639. The molecule has 5 heteroatoms. The maximum atomic E-state index is 14.1. The first-order valence-electron chi connectivity index (χ1n) is 5.98. The van der Waals surface area contributed by atoms with E-state index in [0.717, 1.165) is 5.75 Å². The van der Waals surface area contributed by atoms with Crippen molar-refractivity contribution in [2.45, 2.75) is 18.6 Å². The quantitative estimate of drug-likeness (QED) is 0.847. The largest absolute Gasteiger partial charge is 0.379 e. The molecule has 0 spiro atoms. The summed E-state index contributed by atoms with van der Waals surface area (Å²) in [5.74, 6) is 0.764. The lowest BCUT2D eigenvalue weighted by Gasteiger charge is -2.35. The number of nitrogens with zero attached hydrogens (tertiary/aromatic N) is 1. The van der Waals surface area contributed by atoms with Gasteiger partial charge in [0.2, 0.25) is 0 Å². The fourth-order valence-electron chi connectivity index (χ4n) is 2.81. The highest BCUT2D eigenvalue weighted by Gasteiger charge is 2.52. The topological polar surface area (TPSA) is 47.6 Å². The van der Waals surface area contributed by atoms with Crippen molar-refractivity contribution in [1.29, 1.82) is 0 Å². The van der Waals surface area contributed by atoms with Crippen molar-refractivity contribution in [3.05, 3.63) is 35.6 Å². The maximum Gasteiger partial charge on any atom is 0.154 e. The molecule has 1 aromatic rings. The van der Waals surface area contributed by atoms with Crippen molar-refractivity contribution in [3.8, 4) is 0 Å². The van der Waals surface area contributed by atoms with E-state index < -0.39 is 5.54 Å². The smallest absolute Gasteiger partial charge is 0.154 e. The minimum Gasteiger partial charge on any atom is -0.379 e. The van der Waals surface area contributed by atoms with E-state index in [0.29, 0.717) is 17.3 Å². The molecule has 0 unspecified atom stereocenters. The van der Waals surface area contributed by atoms with Crippen LogP contribution < -0.4 is 5.73 Å². The van der Waals surface area contributed by atoms with Gasteiger partial charge in [-0.2, -0.15) is 0 Å². The molecule has 1 aromatic carbocycles. The van der Waals surface area contributed by atoms with Crippen LogP contribution in [0.4, 0.5) is 4.39 Å². The van der Waals surface area contributed by atoms with E-state index in [1.807, 2.05) is 13.0 Å². The third-order valence-corrected chi connectivity index (χ3v) is 4.72. The zero-order valence-electron chi connectivity index (χ0n) is 10.1. The predicted octanol–water partition coefficient (Wildman–Crippen LogP) is 2.12. The number of ether oxygens (including phenoxy) is 1. The van der Waals surface area contributed by atoms with Crippen molar-refractivity contribution in [3.63, 3.8) is 0 Å². The van der Waals surface area contributed by atoms with E-state index in [4.69, 9.17) is 10.5 Å². The van der Waals surface area contributed by atoms with E-state index in [1.54, 1.807) is 12.1 Å². The highest BCUT2D eigenvalue weighted by atomic mass is 32.2. The summed E-state index contributed by atoms with van der Waals surface area (Å²) in [5.41, 5.74) is 5.80. The zero-order chi connectivity index (χ0) is 12.8. The van der Waals surface area contributed by atoms with Gasteiger partial charge < -0.3 is 10.5 Å². The second kappa shape index (κ2) is 4.24. The number of nitrogens with two attached hydrogens (primary N) is 1. The first-order valence-corrected chi connectivity index (χ1v) is 6.97. The molecule has 2 heterocycles. The fourth-order valence-corrected chi connectivity index (χ4v) is 3.94. The van der Waals surface area contributed by atoms with Gasteiger partial charge in [0.25, 0.3) is 0 Å². The molecule has 1 fully saturated rings. The normalized spacial score (nSPS) is 35.1. The lowest BCUT2D eigenvalue weighted by atomic mass is 9.79. The van der Waals surface area contributed by atoms with Crippen LogP contribution in [0.25, 0.3) is 0 Å². The van der Waals surface area contributed by atoms with Crippen molar-refractivity contribution < 1.29 is 9.13 Å². The number of thioether (sulfide) groups is 1. The van der Waals surface area contributed by atoms with E-state index in [-0.39, 0.29) is 17.8 Å². The van der Waals surface area contributed by atoms with Crippen LogP contribution in [-0.4, -0.2) is 23.6 Å². The first-order chi connectivity index (χ1) is 8.63. The standard InChI is InChI=1S/C13H15FN2OS/c1-8-10-6-18-12(15)16-13(10,7-17-8)9-4-2-3-5-11(9)14/h2-5,8,10H,6-7H2,1H3,(H2,15,16)/t8-,10-,13-/m1/s1. The summed E-state index contributed by atoms with van der Waals surface area (Å²) in [7, 11) is 0. The molecule has 2 N–H and O–H groups in total. The molecule has 3 rings (SSSR count). The number of amidine groups is 1. The second-order valence-corrected chi connectivity index (χ2v) is 5.83. The number of fused-ring (bicyclic) bond motifs is 1. The molecule has 0 saturated carbocycles. The van der Waals surface area contributed by atoms with Gasteiger partial charge in [0, 0.05) is 17.2 Å². The molecule has 3 nitrogen and oxygen atoms in total. The molecule has 1 saturated heterocycles. The lowest BCUT2D eigenvalue weighted by Crippen LogP contribution is -2.41. The number of halogens is 1. The summed E-state index contributed by atoms with van der Waals surface area (Å²) in [6.07, 6.45) is 0.0777. The Bertz CT molecular complexity index is 508. The molecule has 18 heavy (non-hydrogen) atoms. The van der Waals surface area contributed by atoms with Crippen LogP contribution >= 0.6 is 11.8 Å². The van der Waals surface area contributed by atoms with Gasteiger partial charge in [0.05, 0.1) is 12.7 Å². The van der Waals surface area contributed by atoms with Crippen molar-refractivity contribution >= 4 is 16.9 Å². The van der Waals surface area contributed by atoms with Crippen molar-refractivity contribution in [1.82, 2.24) is 0 Å². The summed E-state index contributed by atoms with van der Waals surface area (Å²) in [5, 5.41) is 0.521. The lowest BCUT2D eigenvalue weighted by molar-refractivity contribution is 0.107. The Kier molecular flexibility index (Phi) is 2.83. The molecular weight excluding hydrogens is 251 g/mol. The summed E-state index contributed by atoms with van der Waals surface area (Å²) in [4.78, 5) is 4.55. The van der Waals surface area contributed by atoms with Gasteiger partial charge in [0.1, 0.15) is 11.4 Å². The molecule has 0 aromatic heterocycles. The number of benzene rings is 1. The molecule has 0 bridgehead atoms. The third-order valence-electron chi connectivity index (χ3n) is 3.81. The number of hydrogen-bond acceptors (Lipinski definition) is 4. The highest BCUT2D eigenvalue weighted by molar-refractivity contribution is 8.13. The van der Waals surface area contributed by atoms with Crippen LogP contribution in [0.2, 0.25) is 0 Å². The van der Waals surface area contributed by atoms with Crippen molar-refractivity contribution in [2.75, 3.05) is 12.4 Å². The van der Waals surface area contributed by atoms with Crippen LogP contribution in [-0.2, 0) is 10.3 Å². The monoisotopic (exact) mass is 266 g/mol. The number of aliphatic imine (C=N–C) groups is 1. The van der Waals surface area contributed by atoms with Gasteiger partial charge in [-0.1, -0.05) is 30.0 Å². The van der Waals surface area contributed by atoms with Gasteiger partial charge in [0.15, 0.2) is 5.17 Å². The number of rotatable bonds is 1. The summed E-state index contributed by atoms with van der Waals surface area (Å²) in [6.45, 7) is 2.42. The molecule has 2 aliphatic rings. The average Bonchev–Trinajstić information content (AvgIpc) is 2.68. The molecule has 0 radical (unpaired) electrons. The van der Waals surface area contributed by atoms with E-state index in [2.05, 4.69) is 4.99 Å². The van der Waals surface area contributed by atoms with Crippen LogP contribution in [0.15, 0.2) is 29.3 Å². The predicted molar refractivity (Wildman–Crippen MR) is 71.1 cm³/mol. The molecule has 2 aliphatic heterocycles. The average molecular weight is 266 g/mol. The van der Waals surface area contributed by atoms with Crippen LogP contribution in [0.3, 0.4) is 0 Å². The number of hydrogen-bond donors (Lipinski definition) is 1. The van der Waals surface area contributed by atoms with Crippen molar-refractivity contribution in [2.24, 2.45) is 16.6 Å². The summed E-state index contributed by atoms with van der Waals surface area (Å²) < 4.78 is 19.8. The van der Waals surface area contributed by atoms with Gasteiger partial charge in [-0.15, -0.1) is 0 Å². The van der Waals surface area contributed by atoms with Gasteiger partial charge in [-0.05, 0) is 13.0 Å². The fraction of sp³-hybridized carbons (Fsp3) is 0.462. The maximum absolute atomic E-state index is 14.1. The Morgan fingerprint density at radius 3 is 3.06 bits per heavy atom. The zero-order valence-corrected chi connectivity index (χ0v) is 10.9. The molecule has 0 aliphatic carbocycles. The van der Waals surface area contributed by atoms with Crippen LogP contribution in [0, 0.1) is 11.7 Å². The van der Waals surface area contributed by atoms with E-state index >= 15 is 0 Å². The first kappa shape index (κ1) is 12.0. The van der Waals surface area contributed by atoms with Crippen LogP contribution in [0.5, 0.6) is 0 Å². The molecule has 96 valence electrons. The molecular formula is C13H15FN2OS. The van der Waals surface area contributed by atoms with E-state index in [9.17, 15) is 4.39 Å². The van der Waals surface area contributed by atoms with Gasteiger partial charge in [-0.3, -0.25) is 0 Å². The van der Waals surface area contributed by atoms with Gasteiger partial charge >= 0.3 is 0 Å². The second-order valence-electron chi connectivity index (χ2n) is 4.79. The third kappa shape index (κ3) is 1.65. The highest BCUT2D eigenvalue weighted by Crippen LogP contribution is 2.47. The van der Waals surface area contributed by atoms with Gasteiger partial charge in [-0.25, -0.2) is 9.38 Å². The van der Waals surface area contributed by atoms with Crippen LogP contribution in [0.1, 0.15) is 12.5 Å². The Hall–Kier alpha value is -1.07. The Labute approximate surface area is 110 Å². The SMILES string of the molecule is C[C@H]1OC[C@]2(c3ccccc3F)N=C(N)SC[C@H]12. The summed E-state index contributed by atoms with van der Waals surface area (Å²) >= 11 is 1.52. The Morgan fingerprint density at radius 2 is 2.28 bits per heavy atom. The Balaban J connectivity index is 2.16. The molecule has 0 amide bonds. The summed E-state index contributed by atoms with van der Waals surface area (Å²) in [6, 6.07) is 6.78. The molecule has 3 atom stereocenters. The van der Waals surface area contributed by atoms with E-state index in [1.165, 1.54) is 17.8 Å². The minimum absolute atomic E-state index is 0.0777.